The molecule has 0 amide bonds. The molecule has 1 aliphatic heterocycles. The summed E-state index contributed by atoms with van der Waals surface area (Å²) in [5, 5.41) is 13.6. The highest BCUT2D eigenvalue weighted by atomic mass is 32.1. The van der Waals surface area contributed by atoms with Gasteiger partial charge in [-0.25, -0.2) is 0 Å². The second-order valence-electron chi connectivity index (χ2n) is 13.9. The predicted molar refractivity (Wildman–Crippen MR) is 169 cm³/mol. The zero-order valence-electron chi connectivity index (χ0n) is 24.1. The number of hydrogen-bond acceptors (Lipinski definition) is 4. The van der Waals surface area contributed by atoms with Gasteiger partial charge in [-0.3, -0.25) is 0 Å². The van der Waals surface area contributed by atoms with Crippen molar-refractivity contribution in [3.63, 3.8) is 0 Å². The maximum atomic E-state index is 11.6. The van der Waals surface area contributed by atoms with Gasteiger partial charge < -0.3 is 14.7 Å². The van der Waals surface area contributed by atoms with Gasteiger partial charge in [0.2, 0.25) is 0 Å². The van der Waals surface area contributed by atoms with E-state index in [9.17, 15) is 5.11 Å². The number of thiol groups is 1. The number of anilines is 1. The molecule has 3 aliphatic rings. The van der Waals surface area contributed by atoms with E-state index in [2.05, 4.69) is 99.3 Å². The number of ether oxygens (including phenoxy) is 1. The van der Waals surface area contributed by atoms with Gasteiger partial charge in [0.05, 0.1) is 13.2 Å². The van der Waals surface area contributed by atoms with Crippen LogP contribution in [0.3, 0.4) is 0 Å². The number of benzene rings is 4. The van der Waals surface area contributed by atoms with E-state index in [4.69, 9.17) is 17.4 Å². The molecule has 0 atom stereocenters. The molecule has 4 heteroatoms. The van der Waals surface area contributed by atoms with E-state index in [1.807, 2.05) is 0 Å². The van der Waals surface area contributed by atoms with E-state index in [-0.39, 0.29) is 16.2 Å². The van der Waals surface area contributed by atoms with Crippen LogP contribution in [0.2, 0.25) is 0 Å². The van der Waals surface area contributed by atoms with Crippen molar-refractivity contribution in [2.75, 3.05) is 31.2 Å². The Labute approximate surface area is 243 Å². The van der Waals surface area contributed by atoms with Gasteiger partial charge in [-0.05, 0) is 99.2 Å². The molecule has 1 spiro atoms. The topological polar surface area (TPSA) is 32.7 Å². The quantitative estimate of drug-likeness (QED) is 0.245. The predicted octanol–water partition coefficient (Wildman–Crippen LogP) is 8.84. The smallest absolute Gasteiger partial charge is 0.123 e. The molecule has 2 fully saturated rings. The molecule has 0 radical (unpaired) electrons. The molecule has 7 rings (SSSR count). The van der Waals surface area contributed by atoms with Crippen LogP contribution < -0.4 is 4.90 Å². The summed E-state index contributed by atoms with van der Waals surface area (Å²) in [6, 6.07) is 24.1. The van der Waals surface area contributed by atoms with Crippen LogP contribution in [0.4, 0.5) is 5.69 Å². The minimum absolute atomic E-state index is 0.104. The summed E-state index contributed by atoms with van der Waals surface area (Å²) in [6.07, 6.45) is 3.37. The molecule has 4 aromatic rings. The van der Waals surface area contributed by atoms with Crippen LogP contribution in [-0.4, -0.2) is 31.4 Å². The van der Waals surface area contributed by atoms with Crippen LogP contribution in [0.15, 0.2) is 71.6 Å². The van der Waals surface area contributed by atoms with Gasteiger partial charge in [-0.15, -0.1) is 12.6 Å². The Morgan fingerprint density at radius 2 is 1.43 bits per heavy atom. The Hall–Kier alpha value is -2.95. The Kier molecular flexibility index (Phi) is 5.86. The van der Waals surface area contributed by atoms with Gasteiger partial charge in [0, 0.05) is 34.5 Å². The summed E-state index contributed by atoms with van der Waals surface area (Å²) in [5.41, 5.74) is 8.96. The van der Waals surface area contributed by atoms with Crippen molar-refractivity contribution in [3.8, 4) is 28.0 Å². The van der Waals surface area contributed by atoms with Crippen LogP contribution in [0.25, 0.3) is 33.0 Å². The fraction of sp³-hybridized carbons (Fsp3) is 0.389. The van der Waals surface area contributed by atoms with Gasteiger partial charge in [0.1, 0.15) is 5.75 Å². The summed E-state index contributed by atoms with van der Waals surface area (Å²) in [7, 11) is 0. The highest BCUT2D eigenvalue weighted by Crippen LogP contribution is 2.64. The Bertz CT molecular complexity index is 1610. The number of morpholine rings is 1. The minimum atomic E-state index is -0.104. The number of aromatic hydroxyl groups is 1. The van der Waals surface area contributed by atoms with Gasteiger partial charge in [-0.2, -0.15) is 0 Å². The van der Waals surface area contributed by atoms with Crippen molar-refractivity contribution >= 4 is 29.1 Å². The van der Waals surface area contributed by atoms with Crippen molar-refractivity contribution in [1.82, 2.24) is 0 Å². The summed E-state index contributed by atoms with van der Waals surface area (Å²) >= 11 is 5.02. The Morgan fingerprint density at radius 3 is 2.12 bits per heavy atom. The second kappa shape index (κ2) is 9.03. The first-order valence-corrected chi connectivity index (χ1v) is 15.1. The number of nitrogens with zero attached hydrogens (tertiary/aromatic N) is 1. The fourth-order valence-corrected chi connectivity index (χ4v) is 9.09. The zero-order chi connectivity index (χ0) is 27.9. The molecule has 1 N–H and O–H groups in total. The van der Waals surface area contributed by atoms with Gasteiger partial charge >= 0.3 is 0 Å². The molecule has 0 bridgehead atoms. The standard InChI is InChI=1S/C36H39NO2S/c1-34(2)20-35(3,4)22-36(21-34)29-8-6-5-7-25(29)33-28-18-32(40)26(17-27(28)31(38)19-30(33)36)23-9-11-24(12-10-23)37-13-15-39-16-14-37/h5-12,17-19,38,40H,13-16,20-22H2,1-4H3. The lowest BCUT2D eigenvalue weighted by Crippen LogP contribution is -2.43. The molecular formula is C36H39NO2S. The van der Waals surface area contributed by atoms with Gasteiger partial charge in [-0.1, -0.05) is 64.1 Å². The molecule has 0 unspecified atom stereocenters. The fourth-order valence-electron chi connectivity index (χ4n) is 8.77. The van der Waals surface area contributed by atoms with E-state index in [1.54, 1.807) is 0 Å². The Morgan fingerprint density at radius 1 is 0.750 bits per heavy atom. The lowest BCUT2D eigenvalue weighted by Gasteiger charge is -2.51. The first-order chi connectivity index (χ1) is 19.1. The largest absolute Gasteiger partial charge is 0.507 e. The molecule has 1 heterocycles. The third-order valence-electron chi connectivity index (χ3n) is 9.53. The Balaban J connectivity index is 1.39. The normalized spacial score (nSPS) is 20.5. The van der Waals surface area contributed by atoms with E-state index in [1.165, 1.54) is 34.4 Å². The SMILES string of the molecule is CC1(C)CC(C)(C)CC2(C1)c1ccccc1-c1c2cc(O)c2cc(-c3ccc(N4CCOCC4)cc3)c(S)cc12. The molecule has 4 aromatic carbocycles. The lowest BCUT2D eigenvalue weighted by molar-refractivity contribution is 0.0645. The molecule has 40 heavy (non-hydrogen) atoms. The van der Waals surface area contributed by atoms with E-state index < -0.39 is 0 Å². The number of phenols is 1. The molecule has 2 aliphatic carbocycles. The number of hydrogen-bond donors (Lipinski definition) is 2. The monoisotopic (exact) mass is 549 g/mol. The summed E-state index contributed by atoms with van der Waals surface area (Å²) < 4.78 is 5.52. The van der Waals surface area contributed by atoms with Crippen molar-refractivity contribution < 1.29 is 9.84 Å². The maximum Gasteiger partial charge on any atom is 0.123 e. The first kappa shape index (κ1) is 26.0. The zero-order valence-corrected chi connectivity index (χ0v) is 24.9. The lowest BCUT2D eigenvalue weighted by atomic mass is 9.52. The van der Waals surface area contributed by atoms with Crippen LogP contribution >= 0.6 is 12.6 Å². The molecule has 206 valence electrons. The number of phenolic OH excluding ortho intramolecular Hbond substituents is 1. The van der Waals surface area contributed by atoms with Crippen LogP contribution in [-0.2, 0) is 10.2 Å². The molecule has 0 aromatic heterocycles. The molecule has 1 saturated carbocycles. The number of fused-ring (bicyclic) bond motifs is 7. The third-order valence-corrected chi connectivity index (χ3v) is 9.90. The molecule has 3 nitrogen and oxygen atoms in total. The van der Waals surface area contributed by atoms with Gasteiger partial charge in [0.15, 0.2) is 0 Å². The van der Waals surface area contributed by atoms with Crippen molar-refractivity contribution in [2.24, 2.45) is 10.8 Å². The molecule has 1 saturated heterocycles. The highest BCUT2D eigenvalue weighted by molar-refractivity contribution is 7.80. The van der Waals surface area contributed by atoms with E-state index in [0.29, 0.717) is 5.75 Å². The highest BCUT2D eigenvalue weighted by Gasteiger charge is 2.53. The first-order valence-electron chi connectivity index (χ1n) is 14.6. The molecular weight excluding hydrogens is 510 g/mol. The second-order valence-corrected chi connectivity index (χ2v) is 14.3. The van der Waals surface area contributed by atoms with Crippen molar-refractivity contribution in [2.45, 2.75) is 57.3 Å². The van der Waals surface area contributed by atoms with E-state index in [0.717, 1.165) is 65.9 Å². The van der Waals surface area contributed by atoms with Crippen LogP contribution in [0, 0.1) is 10.8 Å². The maximum absolute atomic E-state index is 11.6. The average Bonchev–Trinajstić information content (AvgIpc) is 3.15. The summed E-state index contributed by atoms with van der Waals surface area (Å²) in [4.78, 5) is 3.30. The van der Waals surface area contributed by atoms with Crippen LogP contribution in [0.1, 0.15) is 58.1 Å². The van der Waals surface area contributed by atoms with E-state index >= 15 is 0 Å². The third kappa shape index (κ3) is 4.06. The average molecular weight is 550 g/mol. The van der Waals surface area contributed by atoms with Gasteiger partial charge in [0.25, 0.3) is 0 Å². The number of rotatable bonds is 2. The summed E-state index contributed by atoms with van der Waals surface area (Å²) in [6.45, 7) is 13.1. The van der Waals surface area contributed by atoms with Crippen molar-refractivity contribution in [1.29, 1.82) is 0 Å². The summed E-state index contributed by atoms with van der Waals surface area (Å²) in [5.74, 6) is 0.363. The minimum Gasteiger partial charge on any atom is -0.507 e. The van der Waals surface area contributed by atoms with Crippen molar-refractivity contribution in [3.05, 3.63) is 77.9 Å². The van der Waals surface area contributed by atoms with Crippen LogP contribution in [0.5, 0.6) is 5.75 Å².